The van der Waals surface area contributed by atoms with Gasteiger partial charge in [0.15, 0.2) is 6.61 Å². The Morgan fingerprint density at radius 1 is 1.43 bits per heavy atom. The Balaban J connectivity index is 1.82. The molecule has 2 unspecified atom stereocenters. The molecule has 1 fully saturated rings. The lowest BCUT2D eigenvalue weighted by Gasteiger charge is -2.19. The maximum absolute atomic E-state index is 11.9. The maximum Gasteiger partial charge on any atom is 0.258 e. The second-order valence-electron chi connectivity index (χ2n) is 4.57. The molecule has 1 aliphatic heterocycles. The lowest BCUT2D eigenvalue weighted by atomic mass is 10.2. The fourth-order valence-corrected chi connectivity index (χ4v) is 2.49. The van der Waals surface area contributed by atoms with Crippen LogP contribution in [0.4, 0.5) is 0 Å². The van der Waals surface area contributed by atoms with Gasteiger partial charge < -0.3 is 19.5 Å². The lowest BCUT2D eigenvalue weighted by Crippen LogP contribution is -2.45. The third-order valence-corrected chi connectivity index (χ3v) is 3.54. The highest BCUT2D eigenvalue weighted by Gasteiger charge is 2.30. The molecule has 1 heterocycles. The van der Waals surface area contributed by atoms with Crippen molar-refractivity contribution in [2.24, 2.45) is 0 Å². The van der Waals surface area contributed by atoms with E-state index in [9.17, 15) is 4.79 Å². The molecular formula is C14H17Cl2NO4. The fourth-order valence-electron chi connectivity index (χ4n) is 2.03. The van der Waals surface area contributed by atoms with E-state index < -0.39 is 0 Å². The number of hydrogen-bond acceptors (Lipinski definition) is 4. The Hall–Kier alpha value is -1.01. The predicted molar refractivity (Wildman–Crippen MR) is 80.1 cm³/mol. The van der Waals surface area contributed by atoms with E-state index in [1.165, 1.54) is 0 Å². The van der Waals surface area contributed by atoms with Gasteiger partial charge in [-0.3, -0.25) is 4.79 Å². The zero-order valence-corrected chi connectivity index (χ0v) is 13.1. The molecule has 0 bridgehead atoms. The van der Waals surface area contributed by atoms with Gasteiger partial charge in [-0.05, 0) is 25.1 Å². The van der Waals surface area contributed by atoms with E-state index in [4.69, 9.17) is 37.4 Å². The zero-order chi connectivity index (χ0) is 15.2. The molecule has 5 nitrogen and oxygen atoms in total. The largest absolute Gasteiger partial charge is 0.482 e. The van der Waals surface area contributed by atoms with Crippen LogP contribution in [0.15, 0.2) is 18.2 Å². The summed E-state index contributed by atoms with van der Waals surface area (Å²) in [6.45, 7) is 3.29. The summed E-state index contributed by atoms with van der Waals surface area (Å²) in [6, 6.07) is 4.68. The molecule has 116 valence electrons. The van der Waals surface area contributed by atoms with Crippen molar-refractivity contribution in [2.75, 3.05) is 26.4 Å². The first kappa shape index (κ1) is 16.4. The van der Waals surface area contributed by atoms with Crippen LogP contribution in [0.5, 0.6) is 5.75 Å². The monoisotopic (exact) mass is 333 g/mol. The molecule has 2 rings (SSSR count). The Labute approximate surface area is 133 Å². The van der Waals surface area contributed by atoms with Crippen molar-refractivity contribution in [3.05, 3.63) is 28.2 Å². The highest BCUT2D eigenvalue weighted by Crippen LogP contribution is 2.27. The highest BCUT2D eigenvalue weighted by atomic mass is 35.5. The summed E-state index contributed by atoms with van der Waals surface area (Å²) in [5.41, 5.74) is 0. The van der Waals surface area contributed by atoms with Gasteiger partial charge in [-0.2, -0.15) is 0 Å². The Morgan fingerprint density at radius 3 is 2.95 bits per heavy atom. The summed E-state index contributed by atoms with van der Waals surface area (Å²) in [5.74, 6) is 0.168. The fraction of sp³-hybridized carbons (Fsp3) is 0.500. The molecule has 2 atom stereocenters. The maximum atomic E-state index is 11.9. The molecule has 21 heavy (non-hydrogen) atoms. The summed E-state index contributed by atoms with van der Waals surface area (Å²) in [6.07, 6.45) is -0.113. The normalized spacial score (nSPS) is 21.3. The van der Waals surface area contributed by atoms with Crippen molar-refractivity contribution >= 4 is 29.1 Å². The minimum Gasteiger partial charge on any atom is -0.482 e. The molecule has 1 aliphatic rings. The number of nitrogens with one attached hydrogen (secondary N) is 1. The number of rotatable bonds is 6. The SMILES string of the molecule is CCOC1COCC1NC(=O)COc1ccc(Cl)cc1Cl. The summed E-state index contributed by atoms with van der Waals surface area (Å²) in [5, 5.41) is 3.71. The highest BCUT2D eigenvalue weighted by molar-refractivity contribution is 6.35. The first-order valence-corrected chi connectivity index (χ1v) is 7.42. The number of carbonyl (C=O) groups excluding carboxylic acids is 1. The van der Waals surface area contributed by atoms with Crippen molar-refractivity contribution in [2.45, 2.75) is 19.1 Å². The summed E-state index contributed by atoms with van der Waals surface area (Å²) in [7, 11) is 0. The number of benzene rings is 1. The van der Waals surface area contributed by atoms with Crippen LogP contribution >= 0.6 is 23.2 Å². The van der Waals surface area contributed by atoms with Crippen LogP contribution < -0.4 is 10.1 Å². The van der Waals surface area contributed by atoms with E-state index in [1.807, 2.05) is 6.92 Å². The molecular weight excluding hydrogens is 317 g/mol. The number of hydrogen-bond donors (Lipinski definition) is 1. The first-order chi connectivity index (χ1) is 10.1. The zero-order valence-electron chi connectivity index (χ0n) is 11.6. The van der Waals surface area contributed by atoms with Crippen molar-refractivity contribution in [3.8, 4) is 5.75 Å². The van der Waals surface area contributed by atoms with E-state index in [0.29, 0.717) is 35.6 Å². The molecule has 0 spiro atoms. The second kappa shape index (κ2) is 7.84. The molecule has 1 aromatic rings. The first-order valence-electron chi connectivity index (χ1n) is 6.66. The van der Waals surface area contributed by atoms with Crippen LogP contribution in [-0.4, -0.2) is 44.5 Å². The Kier molecular flexibility index (Phi) is 6.11. The van der Waals surface area contributed by atoms with Crippen LogP contribution in [0, 0.1) is 0 Å². The minimum absolute atomic E-state index is 0.113. The molecule has 0 radical (unpaired) electrons. The van der Waals surface area contributed by atoms with E-state index >= 15 is 0 Å². The molecule has 1 aromatic carbocycles. The summed E-state index contributed by atoms with van der Waals surface area (Å²) < 4.78 is 16.2. The average Bonchev–Trinajstić information content (AvgIpc) is 2.85. The smallest absolute Gasteiger partial charge is 0.258 e. The number of amides is 1. The van der Waals surface area contributed by atoms with Crippen LogP contribution in [-0.2, 0) is 14.3 Å². The van der Waals surface area contributed by atoms with E-state index in [1.54, 1.807) is 18.2 Å². The van der Waals surface area contributed by atoms with E-state index in [0.717, 1.165) is 0 Å². The second-order valence-corrected chi connectivity index (χ2v) is 5.41. The van der Waals surface area contributed by atoms with Gasteiger partial charge in [-0.15, -0.1) is 0 Å². The third kappa shape index (κ3) is 4.74. The number of halogens is 2. The van der Waals surface area contributed by atoms with E-state index in [-0.39, 0.29) is 24.7 Å². The molecule has 1 N–H and O–H groups in total. The van der Waals surface area contributed by atoms with E-state index in [2.05, 4.69) is 5.32 Å². The van der Waals surface area contributed by atoms with Gasteiger partial charge in [0, 0.05) is 11.6 Å². The van der Waals surface area contributed by atoms with Crippen molar-refractivity contribution in [3.63, 3.8) is 0 Å². The standard InChI is InChI=1S/C14H17Cl2NO4/c1-2-20-13-7-19-6-11(13)17-14(18)8-21-12-4-3-9(15)5-10(12)16/h3-5,11,13H,2,6-8H2,1H3,(H,17,18). The van der Waals surface area contributed by atoms with Crippen LogP contribution in [0.25, 0.3) is 0 Å². The molecule has 7 heteroatoms. The van der Waals surface area contributed by atoms with Crippen molar-refractivity contribution < 1.29 is 19.0 Å². The summed E-state index contributed by atoms with van der Waals surface area (Å²) >= 11 is 11.8. The van der Waals surface area contributed by atoms with Crippen LogP contribution in [0.2, 0.25) is 10.0 Å². The molecule has 0 saturated carbocycles. The Morgan fingerprint density at radius 2 is 2.24 bits per heavy atom. The van der Waals surface area contributed by atoms with Gasteiger partial charge >= 0.3 is 0 Å². The average molecular weight is 334 g/mol. The van der Waals surface area contributed by atoms with Gasteiger partial charge in [0.25, 0.3) is 5.91 Å². The number of carbonyl (C=O) groups is 1. The molecule has 1 saturated heterocycles. The topological polar surface area (TPSA) is 56.8 Å². The molecule has 0 aromatic heterocycles. The van der Waals surface area contributed by atoms with Gasteiger partial charge in [0.05, 0.1) is 24.3 Å². The van der Waals surface area contributed by atoms with Gasteiger partial charge in [-0.1, -0.05) is 23.2 Å². The van der Waals surface area contributed by atoms with Gasteiger partial charge in [-0.25, -0.2) is 0 Å². The Bertz CT molecular complexity index is 498. The van der Waals surface area contributed by atoms with Crippen molar-refractivity contribution in [1.29, 1.82) is 0 Å². The van der Waals surface area contributed by atoms with Crippen molar-refractivity contribution in [1.82, 2.24) is 5.32 Å². The molecule has 0 aliphatic carbocycles. The van der Waals surface area contributed by atoms with Crippen LogP contribution in [0.1, 0.15) is 6.92 Å². The minimum atomic E-state index is -0.249. The predicted octanol–water partition coefficient (Wildman–Crippen LogP) is 2.29. The van der Waals surface area contributed by atoms with Gasteiger partial charge in [0.2, 0.25) is 0 Å². The summed E-state index contributed by atoms with van der Waals surface area (Å²) in [4.78, 5) is 11.9. The molecule has 1 amide bonds. The van der Waals surface area contributed by atoms with Gasteiger partial charge in [0.1, 0.15) is 11.9 Å². The quantitative estimate of drug-likeness (QED) is 0.867. The van der Waals surface area contributed by atoms with Crippen LogP contribution in [0.3, 0.4) is 0 Å². The number of ether oxygens (including phenoxy) is 3. The lowest BCUT2D eigenvalue weighted by molar-refractivity contribution is -0.124. The third-order valence-electron chi connectivity index (χ3n) is 3.01.